The number of rotatable bonds is 10. The Balaban J connectivity index is 1.49. The maximum Gasteiger partial charge on any atom is 0.303 e. The van der Waals surface area contributed by atoms with E-state index in [-0.39, 0.29) is 49.5 Å². The Morgan fingerprint density at radius 1 is 0.764 bits per heavy atom. The molecule has 0 bridgehead atoms. The Hall–Kier alpha value is -4.48. The summed E-state index contributed by atoms with van der Waals surface area (Å²) < 4.78 is 0. The van der Waals surface area contributed by atoms with Gasteiger partial charge in [-0.2, -0.15) is 0 Å². The monoisotopic (exact) mass is 772 g/mol. The lowest BCUT2D eigenvalue weighted by atomic mass is 9.77. The molecule has 4 saturated heterocycles. The summed E-state index contributed by atoms with van der Waals surface area (Å²) in [6, 6.07) is -6.08. The van der Waals surface area contributed by atoms with Crippen LogP contribution in [-0.2, 0) is 33.6 Å². The van der Waals surface area contributed by atoms with Crippen molar-refractivity contribution in [2.75, 3.05) is 26.2 Å². The smallest absolute Gasteiger partial charge is 0.303 e. The van der Waals surface area contributed by atoms with Gasteiger partial charge in [0.2, 0.25) is 35.4 Å². The largest absolute Gasteiger partial charge is 0.481 e. The number of carbonyl (C=O) groups excluding carboxylic acids is 6. The third kappa shape index (κ3) is 10.4. The van der Waals surface area contributed by atoms with E-state index < -0.39 is 78.2 Å². The molecule has 18 heteroatoms. The lowest BCUT2D eigenvalue weighted by Crippen LogP contribution is -2.62. The Morgan fingerprint density at radius 3 is 2.07 bits per heavy atom. The highest BCUT2D eigenvalue weighted by Gasteiger charge is 2.46. The first kappa shape index (κ1) is 41.7. The van der Waals surface area contributed by atoms with Crippen molar-refractivity contribution in [3.63, 3.8) is 0 Å². The molecule has 0 aromatic rings. The van der Waals surface area contributed by atoms with Gasteiger partial charge < -0.3 is 53.0 Å². The minimum absolute atomic E-state index is 0.0593. The first-order chi connectivity index (χ1) is 26.2. The lowest BCUT2D eigenvalue weighted by Gasteiger charge is -2.35. The van der Waals surface area contributed by atoms with E-state index in [1.807, 2.05) is 0 Å². The van der Waals surface area contributed by atoms with Crippen LogP contribution in [0.4, 0.5) is 0 Å². The van der Waals surface area contributed by atoms with Gasteiger partial charge in [0.15, 0.2) is 5.96 Å². The van der Waals surface area contributed by atoms with Crippen molar-refractivity contribution in [3.05, 3.63) is 0 Å². The second-order valence-corrected chi connectivity index (χ2v) is 16.1. The van der Waals surface area contributed by atoms with Crippen LogP contribution in [0.3, 0.4) is 0 Å². The van der Waals surface area contributed by atoms with Gasteiger partial charge in [-0.05, 0) is 88.5 Å². The molecule has 6 amide bonds. The molecule has 10 N–H and O–H groups in total. The van der Waals surface area contributed by atoms with Gasteiger partial charge >= 0.3 is 5.97 Å². The molecule has 1 saturated carbocycles. The number of nitrogens with one attached hydrogen (secondary N) is 5. The summed E-state index contributed by atoms with van der Waals surface area (Å²) in [6.45, 7) is 4.92. The second-order valence-electron chi connectivity index (χ2n) is 16.1. The van der Waals surface area contributed by atoms with Crippen LogP contribution in [0.25, 0.3) is 0 Å². The summed E-state index contributed by atoms with van der Waals surface area (Å²) in [6.07, 6.45) is 6.08. The Bertz CT molecular complexity index is 1490. The van der Waals surface area contributed by atoms with E-state index in [2.05, 4.69) is 31.6 Å². The van der Waals surface area contributed by atoms with Gasteiger partial charge in [-0.3, -0.25) is 38.6 Å². The molecule has 18 nitrogen and oxygen atoms in total. The van der Waals surface area contributed by atoms with E-state index in [1.165, 1.54) is 4.90 Å². The van der Waals surface area contributed by atoms with Crippen LogP contribution in [0.15, 0.2) is 4.99 Å². The summed E-state index contributed by atoms with van der Waals surface area (Å²) >= 11 is 0. The van der Waals surface area contributed by atoms with E-state index >= 15 is 0 Å². The molecule has 0 spiro atoms. The molecule has 0 aromatic heterocycles. The number of carboxylic acids is 1. The molecule has 5 rings (SSSR count). The Kier molecular flexibility index (Phi) is 14.3. The Labute approximate surface area is 322 Å². The zero-order valence-corrected chi connectivity index (χ0v) is 32.1. The maximum atomic E-state index is 14.6. The van der Waals surface area contributed by atoms with Crippen molar-refractivity contribution in [1.29, 1.82) is 0 Å². The number of amides is 6. The average Bonchev–Trinajstić information content (AvgIpc) is 3.92. The van der Waals surface area contributed by atoms with Crippen molar-refractivity contribution < 1.29 is 38.7 Å². The molecule has 4 aliphatic heterocycles. The fourth-order valence-corrected chi connectivity index (χ4v) is 9.10. The van der Waals surface area contributed by atoms with Gasteiger partial charge in [0.1, 0.15) is 36.3 Å². The summed E-state index contributed by atoms with van der Waals surface area (Å²) in [5.74, 6) is -4.75. The highest BCUT2D eigenvalue weighted by Crippen LogP contribution is 2.37. The van der Waals surface area contributed by atoms with E-state index in [1.54, 1.807) is 18.7 Å². The molecule has 5 fully saturated rings. The molecule has 0 aromatic carbocycles. The van der Waals surface area contributed by atoms with Gasteiger partial charge in [0, 0.05) is 32.1 Å². The predicted octanol–water partition coefficient (Wildman–Crippen LogP) is -1.34. The quantitative estimate of drug-likeness (QED) is 0.0732. The van der Waals surface area contributed by atoms with Crippen LogP contribution >= 0.6 is 0 Å². The average molecular weight is 773 g/mol. The van der Waals surface area contributed by atoms with Crippen LogP contribution in [-0.4, -0.2) is 131 Å². The number of fused-ring (bicyclic) bond motifs is 3. The fourth-order valence-electron chi connectivity index (χ4n) is 9.10. The molecule has 55 heavy (non-hydrogen) atoms. The molecule has 1 aliphatic carbocycles. The van der Waals surface area contributed by atoms with Crippen molar-refractivity contribution in [2.24, 2.45) is 34.2 Å². The van der Waals surface area contributed by atoms with Gasteiger partial charge in [-0.25, -0.2) is 0 Å². The number of nitrogens with two attached hydrogens (primary N) is 2. The van der Waals surface area contributed by atoms with E-state index in [9.17, 15) is 38.7 Å². The minimum atomic E-state index is -1.38. The van der Waals surface area contributed by atoms with Gasteiger partial charge in [0.05, 0.1) is 0 Å². The standard InChI is InChI=1S/C37H60N10O8/c1-20(2)30-34(53)44-26(18-21-19-41-23-9-4-3-8-22(21)23)35(54)47-17-7-12-28(47)36(55)46-16-6-11-27(46)33(52)43-24(10-5-15-40-37(38)39)31(50)42-25(32(51)45-30)13-14-29(48)49/h20-28,30,41H,3-19H2,1-2H3,(H,42,50)(H,43,52)(H,44,53)(H,45,51)(H,48,49)(H4,38,39,40)/t21?,22?,23?,24-,25-,26-,27+,28+,30+/m0/s1. The number of carboxylic acid groups (broad SMARTS) is 1. The summed E-state index contributed by atoms with van der Waals surface area (Å²) in [4.78, 5) is 103. The first-order valence-corrected chi connectivity index (χ1v) is 20.1. The van der Waals surface area contributed by atoms with Crippen molar-refractivity contribution >= 4 is 47.4 Å². The number of hydrogen-bond donors (Lipinski definition) is 8. The zero-order chi connectivity index (χ0) is 39.8. The topological polar surface area (TPSA) is 271 Å². The molecule has 0 radical (unpaired) electrons. The molecular formula is C37H60N10O8. The van der Waals surface area contributed by atoms with Crippen LogP contribution < -0.4 is 38.1 Å². The van der Waals surface area contributed by atoms with Crippen LogP contribution in [0.1, 0.15) is 97.3 Å². The van der Waals surface area contributed by atoms with Gasteiger partial charge in [-0.15, -0.1) is 0 Å². The number of nitrogens with zero attached hydrogens (tertiary/aromatic N) is 3. The highest BCUT2D eigenvalue weighted by atomic mass is 16.4. The highest BCUT2D eigenvalue weighted by molar-refractivity contribution is 5.98. The molecular weight excluding hydrogens is 712 g/mol. The zero-order valence-electron chi connectivity index (χ0n) is 32.1. The number of aliphatic imine (C=N–C) groups is 1. The van der Waals surface area contributed by atoms with Crippen molar-refractivity contribution in [2.45, 2.75) is 140 Å². The summed E-state index contributed by atoms with van der Waals surface area (Å²) in [5, 5.41) is 24.2. The second kappa shape index (κ2) is 18.9. The molecule has 4 heterocycles. The van der Waals surface area contributed by atoms with Crippen molar-refractivity contribution in [3.8, 4) is 0 Å². The first-order valence-electron chi connectivity index (χ1n) is 20.1. The fraction of sp³-hybridized carbons (Fsp3) is 0.784. The van der Waals surface area contributed by atoms with Gasteiger partial charge in [-0.1, -0.05) is 26.7 Å². The molecule has 5 aliphatic rings. The van der Waals surface area contributed by atoms with E-state index in [0.717, 1.165) is 25.7 Å². The molecule has 306 valence electrons. The number of guanidine groups is 1. The van der Waals surface area contributed by atoms with Crippen molar-refractivity contribution in [1.82, 2.24) is 36.4 Å². The third-order valence-electron chi connectivity index (χ3n) is 12.0. The molecule has 3 unspecified atom stereocenters. The van der Waals surface area contributed by atoms with E-state index in [4.69, 9.17) is 11.5 Å². The Morgan fingerprint density at radius 2 is 1.38 bits per heavy atom. The van der Waals surface area contributed by atoms with Crippen LogP contribution in [0.5, 0.6) is 0 Å². The summed E-state index contributed by atoms with van der Waals surface area (Å²) in [5.41, 5.74) is 10.9. The van der Waals surface area contributed by atoms with Crippen LogP contribution in [0.2, 0.25) is 0 Å². The van der Waals surface area contributed by atoms with Crippen LogP contribution in [0, 0.1) is 17.8 Å². The molecule has 9 atom stereocenters. The maximum absolute atomic E-state index is 14.6. The normalized spacial score (nSPS) is 32.4. The van der Waals surface area contributed by atoms with Gasteiger partial charge in [0.25, 0.3) is 0 Å². The van der Waals surface area contributed by atoms with E-state index in [0.29, 0.717) is 63.7 Å². The number of hydrogen-bond acceptors (Lipinski definition) is 9. The minimum Gasteiger partial charge on any atom is -0.481 e. The number of carbonyl (C=O) groups is 7. The lowest BCUT2D eigenvalue weighted by molar-refractivity contribution is -0.148. The SMILES string of the molecule is CC(C)[C@H]1NC(=O)[C@H](CCC(=O)O)NC(=O)[C@H](CCCN=C(N)N)NC(=O)[C@H]2CCCN2C(=O)[C@H]2CCCN2C(=O)[C@H](CC2CNC3CCCCC23)NC1=O. The number of aliphatic carboxylic acids is 1. The predicted molar refractivity (Wildman–Crippen MR) is 201 cm³/mol. The third-order valence-corrected chi connectivity index (χ3v) is 12.0. The summed E-state index contributed by atoms with van der Waals surface area (Å²) in [7, 11) is 0.